The summed E-state index contributed by atoms with van der Waals surface area (Å²) in [6.45, 7) is 13.6. The smallest absolute Gasteiger partial charge is 0.351 e. The van der Waals surface area contributed by atoms with Gasteiger partial charge in [0.1, 0.15) is 0 Å². The van der Waals surface area contributed by atoms with Crippen LogP contribution in [0.5, 0.6) is 0 Å². The molecule has 0 heterocycles. The Morgan fingerprint density at radius 2 is 1.52 bits per heavy atom. The Bertz CT molecular complexity index is 679. The molecule has 0 aromatic heterocycles. The van der Waals surface area contributed by atoms with Crippen molar-refractivity contribution in [2.45, 2.75) is 34.6 Å². The number of amides is 2. The molecule has 4 N–H and O–H groups in total. The Morgan fingerprint density at radius 3 is 1.90 bits per heavy atom. The maximum Gasteiger partial charge on any atom is 0.351 e. The number of anilines is 1. The molecule has 0 bridgehead atoms. The summed E-state index contributed by atoms with van der Waals surface area (Å²) in [5, 5.41) is 22.1. The summed E-state index contributed by atoms with van der Waals surface area (Å²) in [4.78, 5) is 43.5. The van der Waals surface area contributed by atoms with E-state index in [1.54, 1.807) is 24.3 Å². The summed E-state index contributed by atoms with van der Waals surface area (Å²) in [5.74, 6) is -4.13. The normalized spacial score (nSPS) is 10.6. The highest BCUT2D eigenvalue weighted by molar-refractivity contribution is 6.26. The minimum absolute atomic E-state index is 0.0445. The van der Waals surface area contributed by atoms with Gasteiger partial charge in [-0.2, -0.15) is 0 Å². The number of aliphatic carboxylic acids is 2. The van der Waals surface area contributed by atoms with E-state index in [1.165, 1.54) is 4.90 Å². The standard InChI is InChI=1S/C18H29N3O2.C2H2O4/c1-6-21(7-2)13-12-19-16(22)14-8-10-15(11-9-14)20-17(23)18(3,4)5;3-1(4)2(5)6/h8-11H,6-7,12-13H2,1-5H3,(H,19,22)(H,20,23);(H,3,4)(H,5,6). The highest BCUT2D eigenvalue weighted by Crippen LogP contribution is 2.17. The van der Waals surface area contributed by atoms with E-state index in [2.05, 4.69) is 24.5 Å². The number of benzene rings is 1. The SMILES string of the molecule is CC[NH+](CC)CCNC(=O)c1ccc(NC(=O)C(C)(C)C)cc1.O=C([O-])C(=O)O. The Labute approximate surface area is 171 Å². The molecule has 9 nitrogen and oxygen atoms in total. The van der Waals surface area contributed by atoms with Gasteiger partial charge in [0, 0.05) is 16.7 Å². The van der Waals surface area contributed by atoms with E-state index < -0.39 is 17.4 Å². The summed E-state index contributed by atoms with van der Waals surface area (Å²) in [6, 6.07) is 6.98. The third-order valence-electron chi connectivity index (χ3n) is 4.02. The minimum atomic E-state index is -2.07. The number of carboxylic acid groups (broad SMARTS) is 2. The van der Waals surface area contributed by atoms with Crippen molar-refractivity contribution >= 4 is 29.4 Å². The zero-order valence-corrected chi connectivity index (χ0v) is 17.6. The van der Waals surface area contributed by atoms with Gasteiger partial charge < -0.3 is 30.5 Å². The first-order chi connectivity index (χ1) is 13.4. The second-order valence-corrected chi connectivity index (χ2v) is 7.34. The van der Waals surface area contributed by atoms with E-state index >= 15 is 0 Å². The van der Waals surface area contributed by atoms with Crippen LogP contribution in [0.1, 0.15) is 45.0 Å². The summed E-state index contributed by atoms with van der Waals surface area (Å²) in [5.41, 5.74) is 0.866. The predicted molar refractivity (Wildman–Crippen MR) is 106 cm³/mol. The van der Waals surface area contributed by atoms with Crippen LogP contribution in [0.4, 0.5) is 5.69 Å². The number of rotatable bonds is 7. The fraction of sp³-hybridized carbons (Fsp3) is 0.500. The highest BCUT2D eigenvalue weighted by Gasteiger charge is 2.21. The Morgan fingerprint density at radius 1 is 1.03 bits per heavy atom. The van der Waals surface area contributed by atoms with E-state index in [1.807, 2.05) is 20.8 Å². The molecule has 1 rings (SSSR count). The van der Waals surface area contributed by atoms with Gasteiger partial charge in [0.15, 0.2) is 5.97 Å². The molecule has 9 heteroatoms. The van der Waals surface area contributed by atoms with Crippen molar-refractivity contribution in [3.8, 4) is 0 Å². The van der Waals surface area contributed by atoms with Crippen LogP contribution >= 0.6 is 0 Å². The minimum Gasteiger partial charge on any atom is -0.539 e. The number of likely N-dealkylation sites (N-methyl/N-ethyl adjacent to an activating group) is 1. The Hall–Kier alpha value is -2.94. The zero-order valence-electron chi connectivity index (χ0n) is 17.6. The average molecular weight is 409 g/mol. The monoisotopic (exact) mass is 409 g/mol. The zero-order chi connectivity index (χ0) is 22.6. The van der Waals surface area contributed by atoms with E-state index in [4.69, 9.17) is 19.8 Å². The summed E-state index contributed by atoms with van der Waals surface area (Å²) < 4.78 is 0. The number of carbonyl (C=O) groups is 4. The number of quaternary nitrogens is 1. The Balaban J connectivity index is 0.00000113. The molecule has 0 radical (unpaired) electrons. The van der Waals surface area contributed by atoms with Crippen LogP contribution in [0, 0.1) is 5.41 Å². The van der Waals surface area contributed by atoms with Crippen molar-refractivity contribution in [1.82, 2.24) is 5.32 Å². The van der Waals surface area contributed by atoms with E-state index in [-0.39, 0.29) is 11.8 Å². The van der Waals surface area contributed by atoms with Crippen molar-refractivity contribution < 1.29 is 34.3 Å². The van der Waals surface area contributed by atoms with Crippen molar-refractivity contribution in [3.63, 3.8) is 0 Å². The molecule has 0 aliphatic rings. The lowest BCUT2D eigenvalue weighted by Gasteiger charge is -2.18. The van der Waals surface area contributed by atoms with Gasteiger partial charge in [-0.15, -0.1) is 0 Å². The van der Waals surface area contributed by atoms with Gasteiger partial charge in [0.05, 0.1) is 26.2 Å². The van der Waals surface area contributed by atoms with Gasteiger partial charge in [0.2, 0.25) is 5.91 Å². The van der Waals surface area contributed by atoms with Gasteiger partial charge in [-0.1, -0.05) is 20.8 Å². The number of hydrogen-bond donors (Lipinski definition) is 4. The molecule has 2 amide bonds. The first-order valence-corrected chi connectivity index (χ1v) is 9.39. The van der Waals surface area contributed by atoms with Crippen LogP contribution in [-0.4, -0.2) is 55.0 Å². The second-order valence-electron chi connectivity index (χ2n) is 7.34. The molecule has 0 atom stereocenters. The summed E-state index contributed by atoms with van der Waals surface area (Å²) in [7, 11) is 0. The van der Waals surface area contributed by atoms with Gasteiger partial charge in [-0.05, 0) is 38.1 Å². The molecule has 29 heavy (non-hydrogen) atoms. The lowest BCUT2D eigenvalue weighted by atomic mass is 9.95. The molecule has 0 unspecified atom stereocenters. The van der Waals surface area contributed by atoms with Crippen LogP contribution < -0.4 is 20.6 Å². The molecule has 1 aromatic carbocycles. The van der Waals surface area contributed by atoms with Gasteiger partial charge in [-0.25, -0.2) is 4.79 Å². The molecule has 0 fully saturated rings. The van der Waals surface area contributed by atoms with Crippen LogP contribution in [0.3, 0.4) is 0 Å². The van der Waals surface area contributed by atoms with E-state index in [9.17, 15) is 9.59 Å². The van der Waals surface area contributed by atoms with Crippen LogP contribution in [0.2, 0.25) is 0 Å². The van der Waals surface area contributed by atoms with Crippen LogP contribution in [-0.2, 0) is 14.4 Å². The maximum absolute atomic E-state index is 12.1. The number of nitrogens with one attached hydrogen (secondary N) is 3. The predicted octanol–water partition coefficient (Wildman–Crippen LogP) is -0.853. The third-order valence-corrected chi connectivity index (χ3v) is 4.02. The molecule has 0 saturated heterocycles. The molecule has 0 spiro atoms. The van der Waals surface area contributed by atoms with Gasteiger partial charge in [0.25, 0.3) is 5.91 Å². The molecule has 0 saturated carbocycles. The molecule has 1 aromatic rings. The number of carbonyl (C=O) groups excluding carboxylic acids is 3. The first kappa shape index (κ1) is 26.1. The van der Waals surface area contributed by atoms with E-state index in [0.717, 1.165) is 19.6 Å². The Kier molecular flexibility index (Phi) is 11.2. The lowest BCUT2D eigenvalue weighted by Crippen LogP contribution is -3.12. The van der Waals surface area contributed by atoms with Crippen molar-refractivity contribution in [2.24, 2.45) is 5.41 Å². The van der Waals surface area contributed by atoms with Crippen molar-refractivity contribution in [1.29, 1.82) is 0 Å². The number of carboxylic acids is 2. The van der Waals surface area contributed by atoms with E-state index in [0.29, 0.717) is 17.8 Å². The lowest BCUT2D eigenvalue weighted by molar-refractivity contribution is -0.895. The highest BCUT2D eigenvalue weighted by atomic mass is 16.4. The van der Waals surface area contributed by atoms with Gasteiger partial charge >= 0.3 is 5.97 Å². The fourth-order valence-corrected chi connectivity index (χ4v) is 2.08. The molecule has 162 valence electrons. The summed E-state index contributed by atoms with van der Waals surface area (Å²) >= 11 is 0. The maximum atomic E-state index is 12.1. The first-order valence-electron chi connectivity index (χ1n) is 9.39. The number of hydrogen-bond acceptors (Lipinski definition) is 5. The molecule has 0 aliphatic carbocycles. The second kappa shape index (κ2) is 12.5. The van der Waals surface area contributed by atoms with Crippen molar-refractivity contribution in [3.05, 3.63) is 29.8 Å². The van der Waals surface area contributed by atoms with Crippen LogP contribution in [0.15, 0.2) is 24.3 Å². The van der Waals surface area contributed by atoms with Crippen molar-refractivity contribution in [2.75, 3.05) is 31.5 Å². The quantitative estimate of drug-likeness (QED) is 0.432. The van der Waals surface area contributed by atoms with Gasteiger partial charge in [-0.3, -0.25) is 9.59 Å². The van der Waals surface area contributed by atoms with Crippen LogP contribution in [0.25, 0.3) is 0 Å². The average Bonchev–Trinajstić information content (AvgIpc) is 2.65. The topological polar surface area (TPSA) is 140 Å². The summed E-state index contributed by atoms with van der Waals surface area (Å²) in [6.07, 6.45) is 0. The molecular formula is C20H31N3O6. The fourth-order valence-electron chi connectivity index (χ4n) is 2.08. The largest absolute Gasteiger partial charge is 0.539 e. The third kappa shape index (κ3) is 10.8. The molecule has 0 aliphatic heterocycles. The molecular weight excluding hydrogens is 378 g/mol.